The van der Waals surface area contributed by atoms with Gasteiger partial charge in [-0.25, -0.2) is 4.98 Å². The fourth-order valence-corrected chi connectivity index (χ4v) is 4.53. The van der Waals surface area contributed by atoms with E-state index < -0.39 is 0 Å². The number of fused-ring (bicyclic) bond motifs is 1. The zero-order valence-electron chi connectivity index (χ0n) is 19.5. The molecule has 3 amide bonds. The Balaban J connectivity index is 1.27. The molecule has 0 atom stereocenters. The third-order valence-corrected chi connectivity index (χ3v) is 6.42. The van der Waals surface area contributed by atoms with E-state index in [1.165, 1.54) is 24.9 Å². The van der Waals surface area contributed by atoms with Gasteiger partial charge in [-0.15, -0.1) is 0 Å². The maximum atomic E-state index is 13.0. The van der Waals surface area contributed by atoms with Gasteiger partial charge in [0.2, 0.25) is 0 Å². The van der Waals surface area contributed by atoms with Gasteiger partial charge in [-0.2, -0.15) is 0 Å². The standard InChI is InChI=1S/C27H26N4O4/c1-35-23-10-8-18(17-31-26(33)20-6-2-3-7-21(20)27(31)34)14-22(23)25(32)29-16-19-9-11-24(28-15-19)30-12-4-5-13-30/h2-3,6-11,14-15H,4-5,12-13,16-17H2,1H3,(H,29,32). The molecule has 5 rings (SSSR count). The first kappa shape index (κ1) is 22.6. The Morgan fingerprint density at radius 1 is 0.971 bits per heavy atom. The van der Waals surface area contributed by atoms with Gasteiger partial charge >= 0.3 is 0 Å². The van der Waals surface area contributed by atoms with Crippen molar-refractivity contribution in [2.75, 3.05) is 25.1 Å². The maximum absolute atomic E-state index is 13.0. The molecule has 2 aliphatic heterocycles. The summed E-state index contributed by atoms with van der Waals surface area (Å²) in [7, 11) is 1.50. The number of anilines is 1. The van der Waals surface area contributed by atoms with Crippen LogP contribution in [0.4, 0.5) is 5.82 Å². The van der Waals surface area contributed by atoms with Crippen molar-refractivity contribution in [2.45, 2.75) is 25.9 Å². The second-order valence-corrected chi connectivity index (χ2v) is 8.68. The van der Waals surface area contributed by atoms with Crippen molar-refractivity contribution in [1.82, 2.24) is 15.2 Å². The molecule has 1 N–H and O–H groups in total. The number of ether oxygens (including phenoxy) is 1. The van der Waals surface area contributed by atoms with Gasteiger partial charge in [0.25, 0.3) is 17.7 Å². The minimum atomic E-state index is -0.336. The fraction of sp³-hybridized carbons (Fsp3) is 0.259. The minimum absolute atomic E-state index is 0.0680. The van der Waals surface area contributed by atoms with Crippen molar-refractivity contribution >= 4 is 23.5 Å². The maximum Gasteiger partial charge on any atom is 0.261 e. The number of nitrogens with one attached hydrogen (secondary N) is 1. The SMILES string of the molecule is COc1ccc(CN2C(=O)c3ccccc3C2=O)cc1C(=O)NCc1ccc(N2CCCC2)nc1. The molecule has 1 fully saturated rings. The molecule has 35 heavy (non-hydrogen) atoms. The highest BCUT2D eigenvalue weighted by atomic mass is 16.5. The summed E-state index contributed by atoms with van der Waals surface area (Å²) in [5.74, 6) is 0.389. The predicted octanol–water partition coefficient (Wildman–Crippen LogP) is 3.42. The van der Waals surface area contributed by atoms with Gasteiger partial charge in [0.15, 0.2) is 0 Å². The summed E-state index contributed by atoms with van der Waals surface area (Å²) in [6.07, 6.45) is 4.16. The summed E-state index contributed by atoms with van der Waals surface area (Å²) < 4.78 is 5.38. The number of nitrogens with zero attached hydrogens (tertiary/aromatic N) is 3. The molecule has 0 radical (unpaired) electrons. The highest BCUT2D eigenvalue weighted by Gasteiger charge is 2.35. The molecule has 1 saturated heterocycles. The number of pyridine rings is 1. The molecular weight excluding hydrogens is 444 g/mol. The van der Waals surface area contributed by atoms with Crippen LogP contribution in [0.2, 0.25) is 0 Å². The van der Waals surface area contributed by atoms with Crippen molar-refractivity contribution in [3.63, 3.8) is 0 Å². The van der Waals surface area contributed by atoms with Crippen LogP contribution in [-0.2, 0) is 13.1 Å². The molecule has 0 spiro atoms. The highest BCUT2D eigenvalue weighted by molar-refractivity contribution is 6.21. The van der Waals surface area contributed by atoms with Crippen molar-refractivity contribution in [2.24, 2.45) is 0 Å². The normalized spacial score (nSPS) is 14.9. The quantitative estimate of drug-likeness (QED) is 0.532. The number of hydrogen-bond acceptors (Lipinski definition) is 6. The summed E-state index contributed by atoms with van der Waals surface area (Å²) in [5, 5.41) is 2.91. The van der Waals surface area contributed by atoms with Crippen molar-refractivity contribution in [3.8, 4) is 5.75 Å². The monoisotopic (exact) mass is 470 g/mol. The molecule has 0 aliphatic carbocycles. The average molecular weight is 471 g/mol. The molecule has 3 aromatic rings. The van der Waals surface area contributed by atoms with Crippen LogP contribution in [0.3, 0.4) is 0 Å². The zero-order valence-corrected chi connectivity index (χ0v) is 19.5. The summed E-state index contributed by atoms with van der Waals surface area (Å²) in [6.45, 7) is 2.44. The second-order valence-electron chi connectivity index (χ2n) is 8.68. The number of hydrogen-bond donors (Lipinski definition) is 1. The van der Waals surface area contributed by atoms with E-state index in [4.69, 9.17) is 4.74 Å². The summed E-state index contributed by atoms with van der Waals surface area (Å²) in [4.78, 5) is 46.4. The third-order valence-electron chi connectivity index (χ3n) is 6.42. The van der Waals surface area contributed by atoms with Crippen LogP contribution in [0, 0.1) is 0 Å². The Hall–Kier alpha value is -4.20. The summed E-state index contributed by atoms with van der Waals surface area (Å²) in [6, 6.07) is 15.8. The molecular formula is C27H26N4O4. The molecule has 2 aromatic carbocycles. The van der Waals surface area contributed by atoms with E-state index in [-0.39, 0.29) is 24.3 Å². The number of rotatable bonds is 7. The van der Waals surface area contributed by atoms with Gasteiger partial charge in [0.05, 0.1) is 30.3 Å². The number of carbonyl (C=O) groups excluding carboxylic acids is 3. The van der Waals surface area contributed by atoms with Crippen LogP contribution in [0.5, 0.6) is 5.75 Å². The first-order chi connectivity index (χ1) is 17.0. The van der Waals surface area contributed by atoms with Crippen LogP contribution in [0.25, 0.3) is 0 Å². The lowest BCUT2D eigenvalue weighted by Gasteiger charge is -2.17. The van der Waals surface area contributed by atoms with Crippen LogP contribution >= 0.6 is 0 Å². The lowest BCUT2D eigenvalue weighted by Crippen LogP contribution is -2.29. The smallest absolute Gasteiger partial charge is 0.261 e. The molecule has 2 aliphatic rings. The number of benzene rings is 2. The van der Waals surface area contributed by atoms with E-state index in [1.54, 1.807) is 48.7 Å². The molecule has 0 saturated carbocycles. The fourth-order valence-electron chi connectivity index (χ4n) is 4.53. The second kappa shape index (κ2) is 9.58. The number of amides is 3. The van der Waals surface area contributed by atoms with E-state index in [1.807, 2.05) is 12.1 Å². The topological polar surface area (TPSA) is 91.8 Å². The molecule has 8 nitrogen and oxygen atoms in total. The molecule has 1 aromatic heterocycles. The molecule has 8 heteroatoms. The van der Waals surface area contributed by atoms with E-state index >= 15 is 0 Å². The van der Waals surface area contributed by atoms with Gasteiger partial charge in [0, 0.05) is 25.8 Å². The Kier molecular flexibility index (Phi) is 6.18. The summed E-state index contributed by atoms with van der Waals surface area (Å²) >= 11 is 0. The van der Waals surface area contributed by atoms with Crippen LogP contribution in [0.1, 0.15) is 55.0 Å². The largest absolute Gasteiger partial charge is 0.496 e. The van der Waals surface area contributed by atoms with Crippen molar-refractivity contribution in [3.05, 3.63) is 88.6 Å². The average Bonchev–Trinajstić information content (AvgIpc) is 3.52. The van der Waals surface area contributed by atoms with Gasteiger partial charge in [-0.1, -0.05) is 24.3 Å². The van der Waals surface area contributed by atoms with E-state index in [9.17, 15) is 14.4 Å². The Bertz CT molecular complexity index is 1250. The first-order valence-corrected chi connectivity index (χ1v) is 11.7. The molecule has 3 heterocycles. The lowest BCUT2D eigenvalue weighted by molar-refractivity contribution is 0.0642. The van der Waals surface area contributed by atoms with Crippen LogP contribution in [-0.4, -0.2) is 47.8 Å². The van der Waals surface area contributed by atoms with Gasteiger partial charge in [-0.3, -0.25) is 19.3 Å². The molecule has 0 unspecified atom stereocenters. The minimum Gasteiger partial charge on any atom is -0.496 e. The van der Waals surface area contributed by atoms with Crippen molar-refractivity contribution in [1.29, 1.82) is 0 Å². The van der Waals surface area contributed by atoms with Crippen molar-refractivity contribution < 1.29 is 19.1 Å². The van der Waals surface area contributed by atoms with Crippen LogP contribution in [0.15, 0.2) is 60.8 Å². The number of imide groups is 1. The predicted molar refractivity (Wildman–Crippen MR) is 130 cm³/mol. The third kappa shape index (κ3) is 4.47. The van der Waals surface area contributed by atoms with E-state index in [2.05, 4.69) is 15.2 Å². The molecule has 0 bridgehead atoms. The zero-order chi connectivity index (χ0) is 24.4. The number of methoxy groups -OCH3 is 1. The van der Waals surface area contributed by atoms with Gasteiger partial charge < -0.3 is 15.0 Å². The first-order valence-electron chi connectivity index (χ1n) is 11.7. The summed E-state index contributed by atoms with van der Waals surface area (Å²) in [5.41, 5.74) is 2.68. The van der Waals surface area contributed by atoms with Crippen LogP contribution < -0.4 is 15.0 Å². The van der Waals surface area contributed by atoms with E-state index in [0.29, 0.717) is 34.5 Å². The van der Waals surface area contributed by atoms with Gasteiger partial charge in [-0.05, 0) is 54.3 Å². The Morgan fingerprint density at radius 3 is 2.29 bits per heavy atom. The Labute approximate surface area is 203 Å². The number of aromatic nitrogens is 1. The molecule has 178 valence electrons. The van der Waals surface area contributed by atoms with E-state index in [0.717, 1.165) is 24.5 Å². The number of carbonyl (C=O) groups is 3. The Morgan fingerprint density at radius 2 is 1.66 bits per heavy atom. The highest BCUT2D eigenvalue weighted by Crippen LogP contribution is 2.26. The van der Waals surface area contributed by atoms with Gasteiger partial charge in [0.1, 0.15) is 11.6 Å². The lowest BCUT2D eigenvalue weighted by atomic mass is 10.1.